The van der Waals surface area contributed by atoms with Crippen molar-refractivity contribution in [2.24, 2.45) is 0 Å². The molecule has 0 spiro atoms. The summed E-state index contributed by atoms with van der Waals surface area (Å²) in [5.74, 6) is -1.29. The van der Waals surface area contributed by atoms with E-state index in [4.69, 9.17) is 10.8 Å². The van der Waals surface area contributed by atoms with Crippen molar-refractivity contribution in [3.63, 3.8) is 0 Å². The third-order valence-electron chi connectivity index (χ3n) is 1.78. The number of anilines is 1. The Kier molecular flexibility index (Phi) is 2.61. The molecule has 0 bridgehead atoms. The first kappa shape index (κ1) is 11.3. The lowest BCUT2D eigenvalue weighted by atomic mass is 10.3. The third-order valence-corrected chi connectivity index (χ3v) is 1.78. The van der Waals surface area contributed by atoms with E-state index in [1.165, 1.54) is 6.92 Å². The van der Waals surface area contributed by atoms with Gasteiger partial charge in [0.25, 0.3) is 0 Å². The van der Waals surface area contributed by atoms with Crippen LogP contribution in [0.2, 0.25) is 0 Å². The maximum absolute atomic E-state index is 12.2. The predicted molar refractivity (Wildman–Crippen MR) is 44.0 cm³/mol. The summed E-state index contributed by atoms with van der Waals surface area (Å²) in [7, 11) is 0. The van der Waals surface area contributed by atoms with Crippen molar-refractivity contribution < 1.29 is 23.1 Å². The molecule has 1 unspecified atom stereocenters. The molecule has 1 atom stereocenters. The Bertz CT molecular complexity index is 385. The first-order valence-corrected chi connectivity index (χ1v) is 3.88. The van der Waals surface area contributed by atoms with Crippen LogP contribution in [-0.2, 0) is 11.0 Å². The van der Waals surface area contributed by atoms with Gasteiger partial charge in [0.1, 0.15) is 6.04 Å². The summed E-state index contributed by atoms with van der Waals surface area (Å²) in [4.78, 5) is 10.5. The maximum atomic E-state index is 12.2. The van der Waals surface area contributed by atoms with Crippen LogP contribution in [0.1, 0.15) is 18.7 Å². The second-order valence-electron chi connectivity index (χ2n) is 2.93. The molecule has 0 aliphatic carbocycles. The Morgan fingerprint density at radius 1 is 1.67 bits per heavy atom. The molecule has 0 saturated carbocycles. The van der Waals surface area contributed by atoms with Gasteiger partial charge < -0.3 is 10.8 Å². The van der Waals surface area contributed by atoms with Crippen LogP contribution in [-0.4, -0.2) is 20.9 Å². The van der Waals surface area contributed by atoms with Crippen molar-refractivity contribution in [1.29, 1.82) is 0 Å². The molecule has 0 saturated heterocycles. The highest BCUT2D eigenvalue weighted by molar-refractivity contribution is 5.71. The highest BCUT2D eigenvalue weighted by Crippen LogP contribution is 2.32. The van der Waals surface area contributed by atoms with Gasteiger partial charge in [-0.15, -0.1) is 0 Å². The van der Waals surface area contributed by atoms with Crippen LogP contribution in [0.15, 0.2) is 6.20 Å². The van der Waals surface area contributed by atoms with Crippen LogP contribution >= 0.6 is 0 Å². The maximum Gasteiger partial charge on any atom is 0.437 e. The van der Waals surface area contributed by atoms with Gasteiger partial charge in [-0.1, -0.05) is 0 Å². The molecule has 15 heavy (non-hydrogen) atoms. The smallest absolute Gasteiger partial charge is 0.437 e. The Labute approximate surface area is 82.3 Å². The Morgan fingerprint density at radius 3 is 2.53 bits per heavy atom. The second-order valence-corrected chi connectivity index (χ2v) is 2.93. The molecule has 1 aromatic heterocycles. The lowest BCUT2D eigenvalue weighted by Gasteiger charge is -2.06. The van der Waals surface area contributed by atoms with Gasteiger partial charge in [-0.25, -0.2) is 4.79 Å². The van der Waals surface area contributed by atoms with Crippen LogP contribution < -0.4 is 5.73 Å². The first-order chi connectivity index (χ1) is 6.73. The molecule has 8 heteroatoms. The molecule has 0 aliphatic rings. The third kappa shape index (κ3) is 2.20. The highest BCUT2D eigenvalue weighted by Gasteiger charge is 2.37. The van der Waals surface area contributed by atoms with E-state index in [2.05, 4.69) is 5.10 Å². The van der Waals surface area contributed by atoms with Crippen molar-refractivity contribution in [2.45, 2.75) is 19.1 Å². The zero-order chi connectivity index (χ0) is 11.8. The van der Waals surface area contributed by atoms with Gasteiger partial charge in [0.15, 0.2) is 5.69 Å². The molecule has 5 nitrogen and oxygen atoms in total. The number of carbonyl (C=O) groups is 1. The number of carboxylic acids is 1. The van der Waals surface area contributed by atoms with Crippen molar-refractivity contribution in [3.8, 4) is 0 Å². The molecule has 0 amide bonds. The van der Waals surface area contributed by atoms with Gasteiger partial charge in [0.05, 0.1) is 5.69 Å². The second kappa shape index (κ2) is 3.44. The molecule has 0 radical (unpaired) electrons. The lowest BCUT2D eigenvalue weighted by molar-refractivity contribution is -0.144. The summed E-state index contributed by atoms with van der Waals surface area (Å²) < 4.78 is 37.3. The lowest BCUT2D eigenvalue weighted by Crippen LogP contribution is -2.17. The Balaban J connectivity index is 3.11. The van der Waals surface area contributed by atoms with E-state index in [1.807, 2.05) is 0 Å². The average molecular weight is 223 g/mol. The van der Waals surface area contributed by atoms with Crippen LogP contribution in [0.3, 0.4) is 0 Å². The number of nitrogen functional groups attached to an aromatic ring is 1. The van der Waals surface area contributed by atoms with Gasteiger partial charge >= 0.3 is 12.1 Å². The van der Waals surface area contributed by atoms with E-state index in [-0.39, 0.29) is 0 Å². The molecular weight excluding hydrogens is 215 g/mol. The fourth-order valence-corrected chi connectivity index (χ4v) is 0.938. The number of nitrogens with two attached hydrogens (primary N) is 1. The quantitative estimate of drug-likeness (QED) is 0.787. The molecule has 0 aromatic carbocycles. The SMILES string of the molecule is CC(C(=O)O)n1cc(N)c(C(F)(F)F)n1. The summed E-state index contributed by atoms with van der Waals surface area (Å²) in [5, 5.41) is 11.6. The molecular formula is C7H8F3N3O2. The Morgan fingerprint density at radius 2 is 2.20 bits per heavy atom. The highest BCUT2D eigenvalue weighted by atomic mass is 19.4. The van der Waals surface area contributed by atoms with Crippen LogP contribution in [0.25, 0.3) is 0 Å². The van der Waals surface area contributed by atoms with Crippen molar-refractivity contribution >= 4 is 11.7 Å². The number of aliphatic carboxylic acids is 1. The monoisotopic (exact) mass is 223 g/mol. The Hall–Kier alpha value is -1.73. The van der Waals surface area contributed by atoms with Crippen LogP contribution in [0.4, 0.5) is 18.9 Å². The number of nitrogens with zero attached hydrogens (tertiary/aromatic N) is 2. The molecule has 1 rings (SSSR count). The van der Waals surface area contributed by atoms with E-state index in [9.17, 15) is 18.0 Å². The van der Waals surface area contributed by atoms with Crippen molar-refractivity contribution in [2.75, 3.05) is 5.73 Å². The fourth-order valence-electron chi connectivity index (χ4n) is 0.938. The normalized spacial score (nSPS) is 13.9. The van der Waals surface area contributed by atoms with Crippen molar-refractivity contribution in [1.82, 2.24) is 9.78 Å². The predicted octanol–water partition coefficient (Wildman–Crippen LogP) is 1.13. The molecule has 0 fully saturated rings. The summed E-state index contributed by atoms with van der Waals surface area (Å²) in [6, 6.07) is -1.19. The zero-order valence-corrected chi connectivity index (χ0v) is 7.62. The number of alkyl halides is 3. The topological polar surface area (TPSA) is 81.1 Å². The number of halogens is 3. The van der Waals surface area contributed by atoms with Gasteiger partial charge in [-0.2, -0.15) is 18.3 Å². The zero-order valence-electron chi connectivity index (χ0n) is 7.62. The van der Waals surface area contributed by atoms with Gasteiger partial charge in [-0.3, -0.25) is 4.68 Å². The average Bonchev–Trinajstić information content (AvgIpc) is 2.44. The van der Waals surface area contributed by atoms with Gasteiger partial charge in [-0.05, 0) is 6.92 Å². The number of hydrogen-bond donors (Lipinski definition) is 2. The van der Waals surface area contributed by atoms with Crippen LogP contribution in [0, 0.1) is 0 Å². The van der Waals surface area contributed by atoms with Gasteiger partial charge in [0, 0.05) is 6.20 Å². The first-order valence-electron chi connectivity index (χ1n) is 3.88. The van der Waals surface area contributed by atoms with E-state index in [1.54, 1.807) is 0 Å². The van der Waals surface area contributed by atoms with E-state index < -0.39 is 29.6 Å². The molecule has 3 N–H and O–H groups in total. The number of aromatic nitrogens is 2. The minimum absolute atomic E-state index is 0.587. The standard InChI is InChI=1S/C7H8F3N3O2/c1-3(6(14)15)13-2-4(11)5(12-13)7(8,9)10/h2-3H,11H2,1H3,(H,14,15). The minimum atomic E-state index is -4.67. The van der Waals surface area contributed by atoms with E-state index in [0.29, 0.717) is 4.68 Å². The van der Waals surface area contributed by atoms with E-state index >= 15 is 0 Å². The van der Waals surface area contributed by atoms with Crippen LogP contribution in [0.5, 0.6) is 0 Å². The molecule has 84 valence electrons. The van der Waals surface area contributed by atoms with E-state index in [0.717, 1.165) is 6.20 Å². The summed E-state index contributed by atoms with van der Waals surface area (Å²) >= 11 is 0. The fraction of sp³-hybridized carbons (Fsp3) is 0.429. The number of carboxylic acid groups (broad SMARTS) is 1. The number of rotatable bonds is 2. The summed E-state index contributed by atoms with van der Waals surface area (Å²) in [5.41, 5.74) is 3.21. The molecule has 1 heterocycles. The largest absolute Gasteiger partial charge is 0.480 e. The van der Waals surface area contributed by atoms with Crippen molar-refractivity contribution in [3.05, 3.63) is 11.9 Å². The number of hydrogen-bond acceptors (Lipinski definition) is 3. The minimum Gasteiger partial charge on any atom is -0.480 e. The summed E-state index contributed by atoms with van der Waals surface area (Å²) in [6.45, 7) is 1.20. The molecule has 1 aromatic rings. The molecule has 0 aliphatic heterocycles. The summed E-state index contributed by atoms with van der Waals surface area (Å²) in [6.07, 6.45) is -3.82. The van der Waals surface area contributed by atoms with Gasteiger partial charge in [0.2, 0.25) is 0 Å².